The molecule has 1 saturated heterocycles. The molecule has 0 spiro atoms. The van der Waals surface area contributed by atoms with Crippen LogP contribution in [0.3, 0.4) is 0 Å². The zero-order chi connectivity index (χ0) is 13.1. The van der Waals surface area contributed by atoms with Gasteiger partial charge >= 0.3 is 0 Å². The molecule has 94 valence electrons. The van der Waals surface area contributed by atoms with Crippen molar-refractivity contribution in [2.24, 2.45) is 5.73 Å². The van der Waals surface area contributed by atoms with Crippen molar-refractivity contribution < 1.29 is 9.53 Å². The quantitative estimate of drug-likeness (QED) is 0.862. The fourth-order valence-electron chi connectivity index (χ4n) is 1.94. The standard InChI is InChI=1S/C12H12ClN3O2/c13-9-5-8(6-14)1-2-10(9)16-3-4-18-7-11(16)12(15)17/h1-2,5,11H,3-4,7H2,(H2,15,17). The number of primary amides is 1. The summed E-state index contributed by atoms with van der Waals surface area (Å²) in [5.41, 5.74) is 6.52. The van der Waals surface area contributed by atoms with Crippen molar-refractivity contribution in [2.45, 2.75) is 6.04 Å². The molecule has 1 amide bonds. The van der Waals surface area contributed by atoms with Gasteiger partial charge in [-0.1, -0.05) is 11.6 Å². The molecule has 1 aromatic rings. The molecule has 0 aliphatic carbocycles. The molecule has 1 fully saturated rings. The van der Waals surface area contributed by atoms with Crippen LogP contribution >= 0.6 is 11.6 Å². The summed E-state index contributed by atoms with van der Waals surface area (Å²) in [6, 6.07) is 6.45. The van der Waals surface area contributed by atoms with Gasteiger partial charge in [0, 0.05) is 6.54 Å². The summed E-state index contributed by atoms with van der Waals surface area (Å²) in [6.45, 7) is 1.31. The lowest BCUT2D eigenvalue weighted by molar-refractivity contribution is -0.121. The van der Waals surface area contributed by atoms with E-state index in [2.05, 4.69) is 0 Å². The summed E-state index contributed by atoms with van der Waals surface area (Å²) in [6.07, 6.45) is 0. The van der Waals surface area contributed by atoms with Crippen LogP contribution in [0, 0.1) is 11.3 Å². The van der Waals surface area contributed by atoms with Crippen LogP contribution in [0.2, 0.25) is 5.02 Å². The third-order valence-corrected chi connectivity index (χ3v) is 3.15. The maximum Gasteiger partial charge on any atom is 0.242 e. The number of anilines is 1. The number of hydrogen-bond acceptors (Lipinski definition) is 4. The van der Waals surface area contributed by atoms with Crippen LogP contribution in [0.5, 0.6) is 0 Å². The van der Waals surface area contributed by atoms with Crippen LogP contribution < -0.4 is 10.6 Å². The molecule has 6 heteroatoms. The first-order valence-electron chi connectivity index (χ1n) is 5.47. The van der Waals surface area contributed by atoms with Crippen molar-refractivity contribution in [3.63, 3.8) is 0 Å². The van der Waals surface area contributed by atoms with Crippen LogP contribution in [-0.2, 0) is 9.53 Å². The Bertz CT molecular complexity index is 513. The minimum atomic E-state index is -0.524. The van der Waals surface area contributed by atoms with Crippen LogP contribution in [0.25, 0.3) is 0 Å². The number of benzene rings is 1. The third kappa shape index (κ3) is 2.40. The van der Waals surface area contributed by atoms with Gasteiger partial charge in [-0.15, -0.1) is 0 Å². The number of hydrogen-bond donors (Lipinski definition) is 1. The second-order valence-corrected chi connectivity index (χ2v) is 4.37. The summed E-state index contributed by atoms with van der Waals surface area (Å²) in [5.74, 6) is -0.449. The summed E-state index contributed by atoms with van der Waals surface area (Å²) in [4.78, 5) is 13.2. The molecule has 1 aliphatic heterocycles. The Labute approximate surface area is 110 Å². The van der Waals surface area contributed by atoms with E-state index in [9.17, 15) is 4.79 Å². The molecule has 0 radical (unpaired) electrons. The highest BCUT2D eigenvalue weighted by molar-refractivity contribution is 6.33. The number of carbonyl (C=O) groups excluding carboxylic acids is 1. The van der Waals surface area contributed by atoms with Gasteiger partial charge in [0.1, 0.15) is 6.04 Å². The molecule has 0 saturated carbocycles. The predicted octanol–water partition coefficient (Wildman–Crippen LogP) is 0.902. The second-order valence-electron chi connectivity index (χ2n) is 3.96. The monoisotopic (exact) mass is 265 g/mol. The molecule has 1 aliphatic rings. The molecule has 0 aromatic heterocycles. The number of halogens is 1. The summed E-state index contributed by atoms with van der Waals surface area (Å²) in [5, 5.41) is 9.22. The highest BCUT2D eigenvalue weighted by Gasteiger charge is 2.29. The second kappa shape index (κ2) is 5.25. The van der Waals surface area contributed by atoms with Gasteiger partial charge in [-0.3, -0.25) is 4.79 Å². The molecule has 1 heterocycles. The largest absolute Gasteiger partial charge is 0.377 e. The number of nitrogens with zero attached hydrogens (tertiary/aromatic N) is 2. The van der Waals surface area contributed by atoms with Crippen molar-refractivity contribution in [1.29, 1.82) is 5.26 Å². The minimum absolute atomic E-state index is 0.256. The van der Waals surface area contributed by atoms with E-state index in [4.69, 9.17) is 27.3 Å². The van der Waals surface area contributed by atoms with E-state index in [1.807, 2.05) is 11.0 Å². The molecule has 5 nitrogen and oxygen atoms in total. The molecule has 18 heavy (non-hydrogen) atoms. The number of nitrogens with two attached hydrogens (primary N) is 1. The Morgan fingerprint density at radius 1 is 1.61 bits per heavy atom. The van der Waals surface area contributed by atoms with E-state index in [-0.39, 0.29) is 6.61 Å². The van der Waals surface area contributed by atoms with E-state index >= 15 is 0 Å². The van der Waals surface area contributed by atoms with Crippen molar-refractivity contribution in [1.82, 2.24) is 0 Å². The molecule has 0 bridgehead atoms. The number of ether oxygens (including phenoxy) is 1. The smallest absolute Gasteiger partial charge is 0.242 e. The van der Waals surface area contributed by atoms with Crippen LogP contribution in [0.1, 0.15) is 5.56 Å². The zero-order valence-corrected chi connectivity index (χ0v) is 10.4. The SMILES string of the molecule is N#Cc1ccc(N2CCOCC2C(N)=O)c(Cl)c1. The molecular weight excluding hydrogens is 254 g/mol. The Balaban J connectivity index is 2.34. The van der Waals surface area contributed by atoms with Crippen molar-refractivity contribution in [2.75, 3.05) is 24.7 Å². The van der Waals surface area contributed by atoms with E-state index in [0.717, 1.165) is 0 Å². The predicted molar refractivity (Wildman–Crippen MR) is 67.3 cm³/mol. The van der Waals surface area contributed by atoms with E-state index in [1.165, 1.54) is 0 Å². The maximum absolute atomic E-state index is 11.4. The number of amides is 1. The molecule has 1 aromatic carbocycles. The molecule has 1 atom stereocenters. The van der Waals surface area contributed by atoms with Gasteiger partial charge in [-0.05, 0) is 18.2 Å². The first-order chi connectivity index (χ1) is 8.63. The lowest BCUT2D eigenvalue weighted by atomic mass is 10.1. The number of nitriles is 1. The van der Waals surface area contributed by atoms with Gasteiger partial charge in [0.25, 0.3) is 0 Å². The summed E-state index contributed by atoms with van der Waals surface area (Å²) < 4.78 is 5.24. The van der Waals surface area contributed by atoms with Gasteiger partial charge < -0.3 is 15.4 Å². The Hall–Kier alpha value is -1.77. The Morgan fingerprint density at radius 2 is 2.39 bits per heavy atom. The average Bonchev–Trinajstić information content (AvgIpc) is 2.38. The van der Waals surface area contributed by atoms with Gasteiger partial charge in [-0.2, -0.15) is 5.26 Å². The van der Waals surface area contributed by atoms with Crippen LogP contribution in [-0.4, -0.2) is 31.7 Å². The topological polar surface area (TPSA) is 79.3 Å². The van der Waals surface area contributed by atoms with Crippen molar-refractivity contribution in [3.8, 4) is 6.07 Å². The highest BCUT2D eigenvalue weighted by atomic mass is 35.5. The Morgan fingerprint density at radius 3 is 3.00 bits per heavy atom. The molecule has 2 rings (SSSR count). The van der Waals surface area contributed by atoms with Gasteiger partial charge in [-0.25, -0.2) is 0 Å². The summed E-state index contributed by atoms with van der Waals surface area (Å²) >= 11 is 6.13. The van der Waals surface area contributed by atoms with Crippen LogP contribution in [0.15, 0.2) is 18.2 Å². The lowest BCUT2D eigenvalue weighted by Gasteiger charge is -2.35. The normalized spacial score (nSPS) is 19.3. The van der Waals surface area contributed by atoms with E-state index in [0.29, 0.717) is 29.4 Å². The Kier molecular flexibility index (Phi) is 3.70. The molecule has 1 unspecified atom stereocenters. The maximum atomic E-state index is 11.4. The van der Waals surface area contributed by atoms with Gasteiger partial charge in [0.05, 0.1) is 35.6 Å². The fourth-order valence-corrected chi connectivity index (χ4v) is 2.23. The third-order valence-electron chi connectivity index (χ3n) is 2.84. The minimum Gasteiger partial charge on any atom is -0.377 e. The zero-order valence-electron chi connectivity index (χ0n) is 9.60. The highest BCUT2D eigenvalue weighted by Crippen LogP contribution is 2.29. The van der Waals surface area contributed by atoms with Crippen molar-refractivity contribution in [3.05, 3.63) is 28.8 Å². The average molecular weight is 266 g/mol. The molecular formula is C12H12ClN3O2. The summed E-state index contributed by atoms with van der Waals surface area (Å²) in [7, 11) is 0. The van der Waals surface area contributed by atoms with E-state index in [1.54, 1.807) is 18.2 Å². The van der Waals surface area contributed by atoms with Crippen LogP contribution in [0.4, 0.5) is 5.69 Å². The number of carbonyl (C=O) groups is 1. The van der Waals surface area contributed by atoms with Crippen molar-refractivity contribution >= 4 is 23.2 Å². The fraction of sp³-hybridized carbons (Fsp3) is 0.333. The lowest BCUT2D eigenvalue weighted by Crippen LogP contribution is -2.52. The van der Waals surface area contributed by atoms with E-state index < -0.39 is 11.9 Å². The first-order valence-corrected chi connectivity index (χ1v) is 5.84. The van der Waals surface area contributed by atoms with Gasteiger partial charge in [0.15, 0.2) is 0 Å². The molecule has 2 N–H and O–H groups in total. The van der Waals surface area contributed by atoms with Gasteiger partial charge in [0.2, 0.25) is 5.91 Å². The first kappa shape index (κ1) is 12.7. The number of morpholine rings is 1. The number of rotatable bonds is 2.